The molecule has 6 heteroatoms. The molecule has 0 N–H and O–H groups in total. The number of benzene rings is 2. The first kappa shape index (κ1) is 16.6. The maximum absolute atomic E-state index is 6.27. The summed E-state index contributed by atoms with van der Waals surface area (Å²) in [4.78, 5) is 8.60. The number of halogens is 2. The van der Waals surface area contributed by atoms with E-state index in [1.807, 2.05) is 43.3 Å². The molecule has 24 heavy (non-hydrogen) atoms. The molecule has 0 atom stereocenters. The second-order valence-electron chi connectivity index (χ2n) is 5.08. The Bertz CT molecular complexity index is 861. The summed E-state index contributed by atoms with van der Waals surface area (Å²) < 4.78 is 11.0. The number of hydrogen-bond acceptors (Lipinski definition) is 4. The summed E-state index contributed by atoms with van der Waals surface area (Å²) in [5, 5.41) is 0.273. The van der Waals surface area contributed by atoms with E-state index in [0.717, 1.165) is 11.1 Å². The summed E-state index contributed by atoms with van der Waals surface area (Å²) in [6.45, 7) is 1.99. The molecule has 0 spiro atoms. The van der Waals surface area contributed by atoms with Gasteiger partial charge in [-0.1, -0.05) is 59.1 Å². The quantitative estimate of drug-likeness (QED) is 0.571. The molecule has 0 aliphatic rings. The Labute approximate surface area is 150 Å². The highest BCUT2D eigenvalue weighted by Crippen LogP contribution is 2.38. The van der Waals surface area contributed by atoms with E-state index in [2.05, 4.69) is 9.97 Å². The number of rotatable bonds is 4. The van der Waals surface area contributed by atoms with Crippen LogP contribution in [0.25, 0.3) is 11.4 Å². The molecule has 3 rings (SSSR count). The fourth-order valence-corrected chi connectivity index (χ4v) is 2.67. The molecular formula is C18H14Cl2N2O2. The second-order valence-corrected chi connectivity index (χ2v) is 5.80. The number of ether oxygens (including phenoxy) is 2. The van der Waals surface area contributed by atoms with Gasteiger partial charge in [-0.15, -0.1) is 0 Å². The predicted molar refractivity (Wildman–Crippen MR) is 95.3 cm³/mol. The third-order valence-corrected chi connectivity index (χ3v) is 3.85. The van der Waals surface area contributed by atoms with E-state index in [0.29, 0.717) is 17.3 Å². The summed E-state index contributed by atoms with van der Waals surface area (Å²) in [7, 11) is 1.56. The van der Waals surface area contributed by atoms with Gasteiger partial charge in [-0.25, -0.2) is 9.97 Å². The molecule has 2 aromatic carbocycles. The lowest BCUT2D eigenvalue weighted by atomic mass is 10.1. The van der Waals surface area contributed by atoms with E-state index in [1.54, 1.807) is 19.2 Å². The third kappa shape index (κ3) is 3.45. The molecule has 3 aromatic rings. The zero-order valence-electron chi connectivity index (χ0n) is 13.1. The molecule has 0 saturated heterocycles. The van der Waals surface area contributed by atoms with Gasteiger partial charge in [0.2, 0.25) is 5.75 Å². The Morgan fingerprint density at radius 3 is 2.17 bits per heavy atom. The van der Waals surface area contributed by atoms with Crippen LogP contribution >= 0.6 is 23.2 Å². The number of para-hydroxylation sites is 2. The van der Waals surface area contributed by atoms with Crippen LogP contribution in [-0.2, 0) is 0 Å². The highest BCUT2D eigenvalue weighted by atomic mass is 35.5. The van der Waals surface area contributed by atoms with Crippen LogP contribution in [0.15, 0.2) is 48.5 Å². The van der Waals surface area contributed by atoms with E-state index in [4.69, 9.17) is 32.7 Å². The first-order valence-corrected chi connectivity index (χ1v) is 7.95. The van der Waals surface area contributed by atoms with Crippen molar-refractivity contribution in [2.45, 2.75) is 6.92 Å². The highest BCUT2D eigenvalue weighted by molar-refractivity contribution is 6.35. The Kier molecular flexibility index (Phi) is 4.88. The van der Waals surface area contributed by atoms with Crippen LogP contribution in [0, 0.1) is 6.92 Å². The maximum atomic E-state index is 6.27. The monoisotopic (exact) mass is 360 g/mol. The van der Waals surface area contributed by atoms with Crippen LogP contribution in [0.2, 0.25) is 10.3 Å². The van der Waals surface area contributed by atoms with Crippen LogP contribution < -0.4 is 9.47 Å². The van der Waals surface area contributed by atoms with Crippen molar-refractivity contribution in [3.8, 4) is 28.6 Å². The highest BCUT2D eigenvalue weighted by Gasteiger charge is 2.16. The van der Waals surface area contributed by atoms with Gasteiger partial charge in [0, 0.05) is 5.56 Å². The zero-order chi connectivity index (χ0) is 17.1. The van der Waals surface area contributed by atoms with Crippen LogP contribution in [-0.4, -0.2) is 17.1 Å². The van der Waals surface area contributed by atoms with Crippen LogP contribution in [0.1, 0.15) is 5.56 Å². The van der Waals surface area contributed by atoms with E-state index < -0.39 is 0 Å². The SMILES string of the molecule is COc1ccccc1Oc1c(Cl)nc(-c2cccc(C)c2)nc1Cl. The first-order valence-electron chi connectivity index (χ1n) is 7.19. The lowest BCUT2D eigenvalue weighted by Gasteiger charge is -2.12. The first-order chi connectivity index (χ1) is 11.6. The molecule has 0 aliphatic heterocycles. The molecule has 0 fully saturated rings. The lowest BCUT2D eigenvalue weighted by molar-refractivity contribution is 0.378. The van der Waals surface area contributed by atoms with Gasteiger partial charge >= 0.3 is 0 Å². The van der Waals surface area contributed by atoms with Gasteiger partial charge < -0.3 is 9.47 Å². The summed E-state index contributed by atoms with van der Waals surface area (Å²) in [6, 6.07) is 15.0. The van der Waals surface area contributed by atoms with Gasteiger partial charge in [-0.2, -0.15) is 0 Å². The summed E-state index contributed by atoms with van der Waals surface area (Å²) in [6.07, 6.45) is 0. The van der Waals surface area contributed by atoms with E-state index in [9.17, 15) is 0 Å². The molecule has 0 aliphatic carbocycles. The van der Waals surface area contributed by atoms with Crippen molar-refractivity contribution in [1.82, 2.24) is 9.97 Å². The Balaban J connectivity index is 1.99. The molecule has 1 heterocycles. The molecule has 0 saturated carbocycles. The minimum absolute atomic E-state index is 0.136. The Morgan fingerprint density at radius 1 is 0.875 bits per heavy atom. The average molecular weight is 361 g/mol. The molecule has 0 bridgehead atoms. The third-order valence-electron chi connectivity index (χ3n) is 3.34. The molecule has 4 nitrogen and oxygen atoms in total. The van der Waals surface area contributed by atoms with Crippen LogP contribution in [0.4, 0.5) is 0 Å². The van der Waals surface area contributed by atoms with Crippen molar-refractivity contribution in [3.63, 3.8) is 0 Å². The van der Waals surface area contributed by atoms with Crippen molar-refractivity contribution in [2.24, 2.45) is 0 Å². The van der Waals surface area contributed by atoms with Crippen molar-refractivity contribution < 1.29 is 9.47 Å². The van der Waals surface area contributed by atoms with Crippen molar-refractivity contribution in [3.05, 3.63) is 64.4 Å². The fraction of sp³-hybridized carbons (Fsp3) is 0.111. The summed E-state index contributed by atoms with van der Waals surface area (Å²) in [5.41, 5.74) is 1.93. The van der Waals surface area contributed by atoms with Gasteiger partial charge in [0.15, 0.2) is 27.6 Å². The van der Waals surface area contributed by atoms with Gasteiger partial charge in [-0.05, 0) is 25.1 Å². The van der Waals surface area contributed by atoms with Gasteiger partial charge in [0.1, 0.15) is 0 Å². The normalized spacial score (nSPS) is 10.5. The van der Waals surface area contributed by atoms with Gasteiger partial charge in [0.05, 0.1) is 7.11 Å². The average Bonchev–Trinajstić information content (AvgIpc) is 2.58. The van der Waals surface area contributed by atoms with Crippen LogP contribution in [0.3, 0.4) is 0 Å². The molecule has 0 unspecified atom stereocenters. The van der Waals surface area contributed by atoms with Crippen LogP contribution in [0.5, 0.6) is 17.2 Å². The Morgan fingerprint density at radius 2 is 1.54 bits per heavy atom. The number of nitrogens with zero attached hydrogens (tertiary/aromatic N) is 2. The van der Waals surface area contributed by atoms with E-state index in [1.165, 1.54) is 0 Å². The maximum Gasteiger partial charge on any atom is 0.202 e. The van der Waals surface area contributed by atoms with Crippen molar-refractivity contribution >= 4 is 23.2 Å². The zero-order valence-corrected chi connectivity index (χ0v) is 14.6. The van der Waals surface area contributed by atoms with E-state index >= 15 is 0 Å². The minimum atomic E-state index is 0.136. The van der Waals surface area contributed by atoms with Crippen molar-refractivity contribution in [2.75, 3.05) is 7.11 Å². The Hall–Kier alpha value is -2.30. The second kappa shape index (κ2) is 7.07. The predicted octanol–water partition coefficient (Wildman–Crippen LogP) is 5.56. The topological polar surface area (TPSA) is 44.2 Å². The molecule has 0 radical (unpaired) electrons. The summed E-state index contributed by atoms with van der Waals surface area (Å²) >= 11 is 12.5. The number of aromatic nitrogens is 2. The van der Waals surface area contributed by atoms with Gasteiger partial charge in [0.25, 0.3) is 0 Å². The molecule has 122 valence electrons. The molecule has 0 amide bonds. The minimum Gasteiger partial charge on any atom is -0.493 e. The smallest absolute Gasteiger partial charge is 0.202 e. The number of hydrogen-bond donors (Lipinski definition) is 0. The van der Waals surface area contributed by atoms with Gasteiger partial charge in [-0.3, -0.25) is 0 Å². The lowest BCUT2D eigenvalue weighted by Crippen LogP contribution is -1.97. The number of methoxy groups -OCH3 is 1. The molecular weight excluding hydrogens is 347 g/mol. The molecule has 1 aromatic heterocycles. The summed E-state index contributed by atoms with van der Waals surface area (Å²) in [5.74, 6) is 1.68. The standard InChI is InChI=1S/C18H14Cl2N2O2/c1-11-6-5-7-12(10-11)18-21-16(19)15(17(20)22-18)24-14-9-4-3-8-13(14)23-2/h3-10H,1-2H3. The number of aryl methyl sites for hydroxylation is 1. The van der Waals surface area contributed by atoms with Crippen molar-refractivity contribution in [1.29, 1.82) is 0 Å². The fourth-order valence-electron chi connectivity index (χ4n) is 2.21. The van der Waals surface area contributed by atoms with E-state index in [-0.39, 0.29) is 16.1 Å². The largest absolute Gasteiger partial charge is 0.493 e.